The number of carbonyl (C=O) groups excluding carboxylic acids is 4. The molecule has 0 saturated carbocycles. The Kier molecular flexibility index (Phi) is 8.35. The van der Waals surface area contributed by atoms with Crippen molar-refractivity contribution in [2.45, 2.75) is 19.9 Å². The van der Waals surface area contributed by atoms with Crippen LogP contribution in [-0.2, 0) is 25.7 Å². The number of primary amides is 1. The highest BCUT2D eigenvalue weighted by Gasteiger charge is 2.18. The number of aryl methyl sites for hydroxylation is 1. The Morgan fingerprint density at radius 1 is 1.10 bits per heavy atom. The molecular weight excluding hydrogens is 394 g/mol. The molecule has 3 amide bonds. The summed E-state index contributed by atoms with van der Waals surface area (Å²) in [6.45, 7) is 1.43. The SMILES string of the molecule is Cc1ccc(C(=O)NCC(=O)OCC(=O)N(CCC(N)=O)Cc2ccccc2)s1. The van der Waals surface area contributed by atoms with Crippen LogP contribution >= 0.6 is 11.3 Å². The number of benzene rings is 1. The van der Waals surface area contributed by atoms with Crippen LogP contribution in [0.4, 0.5) is 0 Å². The molecule has 2 aromatic rings. The van der Waals surface area contributed by atoms with Crippen molar-refractivity contribution in [1.29, 1.82) is 0 Å². The van der Waals surface area contributed by atoms with Crippen molar-refractivity contribution in [3.8, 4) is 0 Å². The van der Waals surface area contributed by atoms with Crippen molar-refractivity contribution in [1.82, 2.24) is 10.2 Å². The third-order valence-corrected chi connectivity index (χ3v) is 4.91. The van der Waals surface area contributed by atoms with Gasteiger partial charge in [-0.1, -0.05) is 30.3 Å². The number of ether oxygens (including phenoxy) is 1. The molecule has 0 aliphatic rings. The fraction of sp³-hybridized carbons (Fsp3) is 0.300. The molecule has 0 radical (unpaired) electrons. The molecular formula is C20H23N3O5S. The van der Waals surface area contributed by atoms with Crippen LogP contribution < -0.4 is 11.1 Å². The minimum Gasteiger partial charge on any atom is -0.454 e. The number of rotatable bonds is 10. The van der Waals surface area contributed by atoms with Crippen molar-refractivity contribution in [2.75, 3.05) is 19.7 Å². The number of carbonyl (C=O) groups is 4. The van der Waals surface area contributed by atoms with Gasteiger partial charge in [-0.3, -0.25) is 19.2 Å². The van der Waals surface area contributed by atoms with E-state index in [2.05, 4.69) is 5.32 Å². The number of hydrogen-bond donors (Lipinski definition) is 2. The fourth-order valence-corrected chi connectivity index (χ4v) is 3.21. The number of esters is 1. The molecule has 3 N–H and O–H groups in total. The second-order valence-electron chi connectivity index (χ2n) is 6.27. The van der Waals surface area contributed by atoms with Gasteiger partial charge in [-0.15, -0.1) is 11.3 Å². The number of amides is 3. The highest BCUT2D eigenvalue weighted by molar-refractivity contribution is 7.13. The molecule has 1 aromatic carbocycles. The quantitative estimate of drug-likeness (QED) is 0.564. The highest BCUT2D eigenvalue weighted by atomic mass is 32.1. The Bertz CT molecular complexity index is 866. The van der Waals surface area contributed by atoms with Crippen LogP contribution in [0.1, 0.15) is 26.5 Å². The van der Waals surface area contributed by atoms with Gasteiger partial charge in [0.25, 0.3) is 11.8 Å². The van der Waals surface area contributed by atoms with Gasteiger partial charge in [-0.05, 0) is 24.6 Å². The third kappa shape index (κ3) is 7.74. The van der Waals surface area contributed by atoms with E-state index in [9.17, 15) is 19.2 Å². The zero-order valence-electron chi connectivity index (χ0n) is 16.1. The van der Waals surface area contributed by atoms with Crippen molar-refractivity contribution >= 4 is 35.0 Å². The summed E-state index contributed by atoms with van der Waals surface area (Å²) in [7, 11) is 0. The van der Waals surface area contributed by atoms with Gasteiger partial charge in [0.15, 0.2) is 6.61 Å². The predicted octanol–water partition coefficient (Wildman–Crippen LogP) is 1.23. The number of hydrogen-bond acceptors (Lipinski definition) is 6. The van der Waals surface area contributed by atoms with Gasteiger partial charge in [-0.25, -0.2) is 0 Å². The van der Waals surface area contributed by atoms with E-state index in [1.807, 2.05) is 43.3 Å². The molecule has 0 atom stereocenters. The van der Waals surface area contributed by atoms with E-state index in [1.165, 1.54) is 16.2 Å². The van der Waals surface area contributed by atoms with Gasteiger partial charge in [-0.2, -0.15) is 0 Å². The van der Waals surface area contributed by atoms with Crippen molar-refractivity contribution in [3.63, 3.8) is 0 Å². The Labute approximate surface area is 172 Å². The maximum Gasteiger partial charge on any atom is 0.325 e. The van der Waals surface area contributed by atoms with Crippen LogP contribution in [-0.4, -0.2) is 48.3 Å². The molecule has 1 aromatic heterocycles. The second-order valence-corrected chi connectivity index (χ2v) is 7.56. The van der Waals surface area contributed by atoms with Crippen molar-refractivity contribution in [2.24, 2.45) is 5.73 Å². The summed E-state index contributed by atoms with van der Waals surface area (Å²) in [5.74, 6) is -2.09. The number of nitrogens with one attached hydrogen (secondary N) is 1. The minimum atomic E-state index is -0.727. The lowest BCUT2D eigenvalue weighted by molar-refractivity contribution is -0.151. The van der Waals surface area contributed by atoms with E-state index < -0.39 is 24.4 Å². The molecule has 9 heteroatoms. The molecule has 0 aliphatic carbocycles. The Morgan fingerprint density at radius 3 is 2.45 bits per heavy atom. The van der Waals surface area contributed by atoms with E-state index in [1.54, 1.807) is 6.07 Å². The maximum absolute atomic E-state index is 12.4. The van der Waals surface area contributed by atoms with Crippen LogP contribution in [0.5, 0.6) is 0 Å². The van der Waals surface area contributed by atoms with Gasteiger partial charge < -0.3 is 20.7 Å². The first-order valence-corrected chi connectivity index (χ1v) is 9.77. The first-order valence-electron chi connectivity index (χ1n) is 8.95. The zero-order valence-corrected chi connectivity index (χ0v) is 16.9. The molecule has 8 nitrogen and oxygen atoms in total. The van der Waals surface area contributed by atoms with Gasteiger partial charge in [0.2, 0.25) is 5.91 Å². The minimum absolute atomic E-state index is 0.00279. The average molecular weight is 417 g/mol. The fourth-order valence-electron chi connectivity index (χ4n) is 2.42. The van der Waals surface area contributed by atoms with Gasteiger partial charge in [0, 0.05) is 24.4 Å². The monoisotopic (exact) mass is 417 g/mol. The number of thiophene rings is 1. The second kappa shape index (κ2) is 11.0. The summed E-state index contributed by atoms with van der Waals surface area (Å²) < 4.78 is 4.96. The van der Waals surface area contributed by atoms with Crippen LogP contribution in [0, 0.1) is 6.92 Å². The maximum atomic E-state index is 12.4. The predicted molar refractivity (Wildman–Crippen MR) is 108 cm³/mol. The molecule has 0 aliphatic heterocycles. The molecule has 154 valence electrons. The largest absolute Gasteiger partial charge is 0.454 e. The highest BCUT2D eigenvalue weighted by Crippen LogP contribution is 2.14. The lowest BCUT2D eigenvalue weighted by Gasteiger charge is -2.22. The van der Waals surface area contributed by atoms with Crippen molar-refractivity contribution in [3.05, 3.63) is 57.8 Å². The van der Waals surface area contributed by atoms with Crippen LogP contribution in [0.2, 0.25) is 0 Å². The van der Waals surface area contributed by atoms with E-state index in [0.29, 0.717) is 4.88 Å². The van der Waals surface area contributed by atoms with Gasteiger partial charge in [0.05, 0.1) is 4.88 Å². The third-order valence-electron chi connectivity index (χ3n) is 3.91. The summed E-state index contributed by atoms with van der Waals surface area (Å²) in [6, 6.07) is 12.7. The molecule has 0 bridgehead atoms. The van der Waals surface area contributed by atoms with Crippen LogP contribution in [0.15, 0.2) is 42.5 Å². The van der Waals surface area contributed by atoms with E-state index >= 15 is 0 Å². The first-order chi connectivity index (χ1) is 13.8. The molecule has 0 fully saturated rings. The van der Waals surface area contributed by atoms with Gasteiger partial charge in [0.1, 0.15) is 6.54 Å². The normalized spacial score (nSPS) is 10.2. The van der Waals surface area contributed by atoms with Gasteiger partial charge >= 0.3 is 5.97 Å². The smallest absolute Gasteiger partial charge is 0.325 e. The van der Waals surface area contributed by atoms with Crippen LogP contribution in [0.3, 0.4) is 0 Å². The Balaban J connectivity index is 1.83. The van der Waals surface area contributed by atoms with E-state index in [-0.39, 0.29) is 32.0 Å². The molecule has 2 rings (SSSR count). The summed E-state index contributed by atoms with van der Waals surface area (Å²) >= 11 is 1.32. The lowest BCUT2D eigenvalue weighted by Crippen LogP contribution is -2.38. The van der Waals surface area contributed by atoms with Crippen molar-refractivity contribution < 1.29 is 23.9 Å². The number of nitrogens with two attached hydrogens (primary N) is 1. The van der Waals surface area contributed by atoms with Crippen LogP contribution in [0.25, 0.3) is 0 Å². The summed E-state index contributed by atoms with van der Waals surface area (Å²) in [5.41, 5.74) is 6.04. The first kappa shape index (κ1) is 22.1. The average Bonchev–Trinajstić information content (AvgIpc) is 3.14. The summed E-state index contributed by atoms with van der Waals surface area (Å²) in [4.78, 5) is 50.2. The van der Waals surface area contributed by atoms with E-state index in [0.717, 1.165) is 10.4 Å². The summed E-state index contributed by atoms with van der Waals surface area (Å²) in [5, 5.41) is 2.46. The summed E-state index contributed by atoms with van der Waals surface area (Å²) in [6.07, 6.45) is 0.00279. The molecule has 0 unspecified atom stereocenters. The standard InChI is InChI=1S/C20H23N3O5S/c1-14-7-8-16(29-14)20(27)22-11-19(26)28-13-18(25)23(10-9-17(21)24)12-15-5-3-2-4-6-15/h2-8H,9-13H2,1H3,(H2,21,24)(H,22,27). The topological polar surface area (TPSA) is 119 Å². The molecule has 29 heavy (non-hydrogen) atoms. The molecule has 0 saturated heterocycles. The molecule has 0 spiro atoms. The van der Waals surface area contributed by atoms with E-state index in [4.69, 9.17) is 10.5 Å². The Morgan fingerprint density at radius 2 is 1.83 bits per heavy atom. The lowest BCUT2D eigenvalue weighted by atomic mass is 10.2. The zero-order chi connectivity index (χ0) is 21.2. The number of nitrogens with zero attached hydrogens (tertiary/aromatic N) is 1. The Hall–Kier alpha value is -3.20. The molecule has 1 heterocycles.